The Labute approximate surface area is 187 Å². The summed E-state index contributed by atoms with van der Waals surface area (Å²) >= 11 is 7.43. The Hall–Kier alpha value is -3.11. The van der Waals surface area contributed by atoms with Crippen molar-refractivity contribution in [2.75, 3.05) is 23.9 Å². The molecule has 2 aromatic rings. The number of carbonyl (C=O) groups is 3. The van der Waals surface area contributed by atoms with E-state index in [-0.39, 0.29) is 17.7 Å². The summed E-state index contributed by atoms with van der Waals surface area (Å²) < 4.78 is 5.05. The van der Waals surface area contributed by atoms with Gasteiger partial charge in [0.1, 0.15) is 6.04 Å². The third kappa shape index (κ3) is 7.58. The molecule has 31 heavy (non-hydrogen) atoms. The van der Waals surface area contributed by atoms with E-state index in [0.29, 0.717) is 16.5 Å². The van der Waals surface area contributed by atoms with Crippen LogP contribution in [0.3, 0.4) is 0 Å². The number of nitrogens with one attached hydrogen (secondary N) is 2. The van der Waals surface area contributed by atoms with Crippen LogP contribution in [0.15, 0.2) is 48.5 Å². The van der Waals surface area contributed by atoms with Gasteiger partial charge in [0.15, 0.2) is 6.61 Å². The molecular weight excluding hydrogens is 446 g/mol. The van der Waals surface area contributed by atoms with Crippen LogP contribution in [0.2, 0.25) is 5.02 Å². The Bertz CT molecular complexity index is 971. The monoisotopic (exact) mass is 465 g/mol. The number of benzene rings is 2. The number of amides is 2. The molecule has 0 aliphatic heterocycles. The van der Waals surface area contributed by atoms with Gasteiger partial charge in [-0.1, -0.05) is 29.8 Å². The highest BCUT2D eigenvalue weighted by Gasteiger charge is 2.24. The van der Waals surface area contributed by atoms with Gasteiger partial charge in [0.25, 0.3) is 17.5 Å². The van der Waals surface area contributed by atoms with Crippen LogP contribution in [0.4, 0.5) is 11.4 Å². The van der Waals surface area contributed by atoms with Crippen LogP contribution in [0.5, 0.6) is 0 Å². The summed E-state index contributed by atoms with van der Waals surface area (Å²) in [6.45, 7) is -0.563. The molecule has 0 spiro atoms. The largest absolute Gasteiger partial charge is 0.454 e. The number of carbonyl (C=O) groups excluding carboxylic acids is 3. The molecule has 2 N–H and O–H groups in total. The van der Waals surface area contributed by atoms with Crippen LogP contribution in [-0.2, 0) is 14.3 Å². The molecule has 0 saturated heterocycles. The summed E-state index contributed by atoms with van der Waals surface area (Å²) in [6, 6.07) is 10.7. The fourth-order valence-corrected chi connectivity index (χ4v) is 3.13. The summed E-state index contributed by atoms with van der Waals surface area (Å²) in [7, 11) is 0. The second kappa shape index (κ2) is 11.9. The number of hydrogen-bond acceptors (Lipinski definition) is 7. The van der Waals surface area contributed by atoms with Gasteiger partial charge >= 0.3 is 5.97 Å². The molecule has 2 amide bonds. The van der Waals surface area contributed by atoms with Crippen molar-refractivity contribution in [1.29, 1.82) is 0 Å². The lowest BCUT2D eigenvalue weighted by Crippen LogP contribution is -2.43. The predicted molar refractivity (Wildman–Crippen MR) is 118 cm³/mol. The van der Waals surface area contributed by atoms with E-state index < -0.39 is 35.4 Å². The molecule has 0 bridgehead atoms. The smallest absolute Gasteiger partial charge is 0.329 e. The third-order valence-corrected chi connectivity index (χ3v) is 4.99. The maximum Gasteiger partial charge on any atom is 0.329 e. The van der Waals surface area contributed by atoms with Crippen LogP contribution in [0.25, 0.3) is 0 Å². The van der Waals surface area contributed by atoms with Crippen molar-refractivity contribution in [3.05, 3.63) is 69.2 Å². The van der Waals surface area contributed by atoms with E-state index in [2.05, 4.69) is 10.6 Å². The number of anilines is 1. The standard InChI is InChI=1S/C20H20ClN3O6S/c1-31-10-9-17(23-19(26)13-5-4-6-14(11-13)24(28)29)20(27)30-12-18(25)22-16-8-3-2-7-15(16)21/h2-8,11,17H,9-10,12H2,1H3,(H,22,25)(H,23,26). The number of non-ortho nitro benzene ring substituents is 1. The number of thioether (sulfide) groups is 1. The first kappa shape index (κ1) is 24.2. The quantitative estimate of drug-likeness (QED) is 0.313. The highest BCUT2D eigenvalue weighted by Crippen LogP contribution is 2.20. The van der Waals surface area contributed by atoms with Crippen molar-refractivity contribution in [1.82, 2.24) is 5.32 Å². The Balaban J connectivity index is 1.99. The van der Waals surface area contributed by atoms with E-state index in [0.717, 1.165) is 6.07 Å². The first-order chi connectivity index (χ1) is 14.8. The van der Waals surface area contributed by atoms with Gasteiger partial charge in [-0.15, -0.1) is 0 Å². The molecule has 1 atom stereocenters. The van der Waals surface area contributed by atoms with E-state index in [4.69, 9.17) is 16.3 Å². The zero-order chi connectivity index (χ0) is 22.8. The molecule has 0 aliphatic rings. The number of nitro benzene ring substituents is 1. The average molecular weight is 466 g/mol. The SMILES string of the molecule is CSCCC(NC(=O)c1cccc([N+](=O)[O-])c1)C(=O)OCC(=O)Nc1ccccc1Cl. The van der Waals surface area contributed by atoms with Gasteiger partial charge in [-0.3, -0.25) is 19.7 Å². The number of ether oxygens (including phenoxy) is 1. The first-order valence-corrected chi connectivity index (χ1v) is 10.8. The van der Waals surface area contributed by atoms with E-state index in [1.165, 1.54) is 30.0 Å². The fraction of sp³-hybridized carbons (Fsp3) is 0.250. The molecule has 2 aromatic carbocycles. The molecule has 0 heterocycles. The van der Waals surface area contributed by atoms with E-state index in [1.54, 1.807) is 24.3 Å². The molecule has 164 valence electrons. The minimum Gasteiger partial charge on any atom is -0.454 e. The third-order valence-electron chi connectivity index (χ3n) is 4.01. The van der Waals surface area contributed by atoms with Gasteiger partial charge in [0.2, 0.25) is 0 Å². The fourth-order valence-electron chi connectivity index (χ4n) is 2.47. The van der Waals surface area contributed by atoms with E-state index >= 15 is 0 Å². The predicted octanol–water partition coefficient (Wildman–Crippen LogP) is 3.28. The lowest BCUT2D eigenvalue weighted by molar-refractivity contribution is -0.384. The summed E-state index contributed by atoms with van der Waals surface area (Å²) in [5, 5.41) is 16.3. The molecule has 0 radical (unpaired) electrons. The average Bonchev–Trinajstić information content (AvgIpc) is 2.76. The summed E-state index contributed by atoms with van der Waals surface area (Å²) in [4.78, 5) is 47.3. The van der Waals surface area contributed by atoms with Crippen LogP contribution < -0.4 is 10.6 Å². The topological polar surface area (TPSA) is 128 Å². The van der Waals surface area contributed by atoms with Crippen molar-refractivity contribution >= 4 is 52.5 Å². The van der Waals surface area contributed by atoms with Gasteiger partial charge in [-0.05, 0) is 36.6 Å². The van der Waals surface area contributed by atoms with Gasteiger partial charge in [0.05, 0.1) is 15.6 Å². The summed E-state index contributed by atoms with van der Waals surface area (Å²) in [6.07, 6.45) is 2.09. The molecule has 0 fully saturated rings. The molecule has 0 aromatic heterocycles. The Morgan fingerprint density at radius 2 is 1.94 bits per heavy atom. The highest BCUT2D eigenvalue weighted by atomic mass is 35.5. The summed E-state index contributed by atoms with van der Waals surface area (Å²) in [5.74, 6) is -1.50. The molecule has 0 saturated carbocycles. The lowest BCUT2D eigenvalue weighted by Gasteiger charge is -2.17. The zero-order valence-corrected chi connectivity index (χ0v) is 18.1. The molecule has 11 heteroatoms. The maximum absolute atomic E-state index is 12.5. The lowest BCUT2D eigenvalue weighted by atomic mass is 10.1. The number of nitro groups is 1. The van der Waals surface area contributed by atoms with E-state index in [9.17, 15) is 24.5 Å². The second-order valence-corrected chi connectivity index (χ2v) is 7.64. The number of esters is 1. The number of halogens is 1. The van der Waals surface area contributed by atoms with E-state index in [1.807, 2.05) is 6.26 Å². The van der Waals surface area contributed by atoms with Gasteiger partial charge in [-0.2, -0.15) is 11.8 Å². The van der Waals surface area contributed by atoms with Crippen molar-refractivity contribution in [2.24, 2.45) is 0 Å². The molecular formula is C20H20ClN3O6S. The normalized spacial score (nSPS) is 11.3. The van der Waals surface area contributed by atoms with Crippen molar-refractivity contribution in [3.63, 3.8) is 0 Å². The van der Waals surface area contributed by atoms with Gasteiger partial charge < -0.3 is 15.4 Å². The molecule has 0 aliphatic carbocycles. The Kier molecular flexibility index (Phi) is 9.29. The number of para-hydroxylation sites is 1. The number of hydrogen-bond donors (Lipinski definition) is 2. The minimum absolute atomic E-state index is 0.0348. The maximum atomic E-state index is 12.5. The van der Waals surface area contributed by atoms with Crippen molar-refractivity contribution < 1.29 is 24.0 Å². The zero-order valence-electron chi connectivity index (χ0n) is 16.5. The van der Waals surface area contributed by atoms with Crippen molar-refractivity contribution in [2.45, 2.75) is 12.5 Å². The minimum atomic E-state index is -1.02. The Morgan fingerprint density at radius 3 is 2.61 bits per heavy atom. The van der Waals surface area contributed by atoms with Gasteiger partial charge in [-0.25, -0.2) is 4.79 Å². The first-order valence-electron chi connectivity index (χ1n) is 9.07. The molecule has 2 rings (SSSR count). The molecule has 9 nitrogen and oxygen atoms in total. The highest BCUT2D eigenvalue weighted by molar-refractivity contribution is 7.98. The number of rotatable bonds is 10. The van der Waals surface area contributed by atoms with Gasteiger partial charge in [0, 0.05) is 17.7 Å². The second-order valence-electron chi connectivity index (χ2n) is 6.25. The Morgan fingerprint density at radius 1 is 1.19 bits per heavy atom. The molecule has 1 unspecified atom stereocenters. The van der Waals surface area contributed by atoms with Crippen molar-refractivity contribution in [3.8, 4) is 0 Å². The summed E-state index contributed by atoms with van der Waals surface area (Å²) in [5.41, 5.74) is 0.169. The van der Waals surface area contributed by atoms with Crippen LogP contribution in [-0.4, -0.2) is 47.4 Å². The van der Waals surface area contributed by atoms with Crippen LogP contribution in [0.1, 0.15) is 16.8 Å². The number of nitrogens with zero attached hydrogens (tertiary/aromatic N) is 1. The van der Waals surface area contributed by atoms with Crippen LogP contribution in [0, 0.1) is 10.1 Å². The van der Waals surface area contributed by atoms with Crippen LogP contribution >= 0.6 is 23.4 Å².